The number of nitrogens with two attached hydrogens (primary N) is 1. The molecule has 0 fully saturated rings. The van der Waals surface area contributed by atoms with Crippen LogP contribution in [0.1, 0.15) is 11.7 Å². The number of hydrogen-bond acceptors (Lipinski definition) is 1. The molecule has 1 heterocycles. The van der Waals surface area contributed by atoms with E-state index in [9.17, 15) is 0 Å². The van der Waals surface area contributed by atoms with Crippen molar-refractivity contribution in [2.45, 2.75) is 9.83 Å². The molecule has 0 radical (unpaired) electrons. The van der Waals surface area contributed by atoms with Crippen molar-refractivity contribution in [2.75, 3.05) is 0 Å². The molecule has 0 aliphatic rings. The molecule has 0 spiro atoms. The molecule has 1 aromatic heterocycles. The first kappa shape index (κ1) is 9.20. The van der Waals surface area contributed by atoms with Crippen LogP contribution in [0.25, 0.3) is 0 Å². The summed E-state index contributed by atoms with van der Waals surface area (Å²) in [7, 11) is 0. The maximum atomic E-state index is 5.59. The minimum atomic E-state index is -1.45. The molecule has 5 heteroatoms. The second-order valence-electron chi connectivity index (χ2n) is 2.14. The summed E-state index contributed by atoms with van der Waals surface area (Å²) < 4.78 is -1.45. The molecule has 0 aliphatic heterocycles. The molecule has 1 rings (SSSR count). The highest BCUT2D eigenvalue weighted by molar-refractivity contribution is 6.68. The molecular formula is C6H7Cl3N2. The van der Waals surface area contributed by atoms with Crippen molar-refractivity contribution in [1.29, 1.82) is 0 Å². The van der Waals surface area contributed by atoms with Gasteiger partial charge in [0, 0.05) is 11.9 Å². The van der Waals surface area contributed by atoms with Gasteiger partial charge < -0.3 is 10.7 Å². The zero-order valence-corrected chi connectivity index (χ0v) is 7.79. The smallest absolute Gasteiger partial charge is 0.210 e. The molecule has 0 amide bonds. The lowest BCUT2D eigenvalue weighted by Gasteiger charge is -2.18. The summed E-state index contributed by atoms with van der Waals surface area (Å²) in [6.07, 6.45) is 1.73. The van der Waals surface area contributed by atoms with E-state index < -0.39 is 9.83 Å². The van der Waals surface area contributed by atoms with E-state index in [1.165, 1.54) is 0 Å². The lowest BCUT2D eigenvalue weighted by Crippen LogP contribution is -2.25. The van der Waals surface area contributed by atoms with Crippen molar-refractivity contribution in [3.63, 3.8) is 0 Å². The van der Waals surface area contributed by atoms with Gasteiger partial charge in [0.25, 0.3) is 0 Å². The number of hydrogen-bond donors (Lipinski definition) is 2. The highest BCUT2D eigenvalue weighted by atomic mass is 35.6. The van der Waals surface area contributed by atoms with Gasteiger partial charge in [0.05, 0.1) is 6.04 Å². The van der Waals surface area contributed by atoms with Gasteiger partial charge in [0.2, 0.25) is 3.79 Å². The Bertz CT molecular complexity index is 214. The van der Waals surface area contributed by atoms with Crippen molar-refractivity contribution in [3.8, 4) is 0 Å². The Balaban J connectivity index is 2.78. The fraction of sp³-hybridized carbons (Fsp3) is 0.333. The number of rotatable bonds is 1. The van der Waals surface area contributed by atoms with Gasteiger partial charge >= 0.3 is 0 Å². The van der Waals surface area contributed by atoms with Crippen LogP contribution in [0.2, 0.25) is 0 Å². The van der Waals surface area contributed by atoms with E-state index in [2.05, 4.69) is 4.98 Å². The molecule has 0 saturated heterocycles. The summed E-state index contributed by atoms with van der Waals surface area (Å²) >= 11 is 16.7. The summed E-state index contributed by atoms with van der Waals surface area (Å²) in [5.41, 5.74) is 6.30. The molecule has 3 N–H and O–H groups in total. The average molecular weight is 213 g/mol. The Kier molecular flexibility index (Phi) is 2.70. The summed E-state index contributed by atoms with van der Waals surface area (Å²) in [4.78, 5) is 2.87. The van der Waals surface area contributed by atoms with Gasteiger partial charge in [-0.25, -0.2) is 0 Å². The van der Waals surface area contributed by atoms with Crippen molar-refractivity contribution in [3.05, 3.63) is 24.0 Å². The molecule has 62 valence electrons. The monoisotopic (exact) mass is 212 g/mol. The highest BCUT2D eigenvalue weighted by Gasteiger charge is 2.30. The summed E-state index contributed by atoms with van der Waals surface area (Å²) in [6.45, 7) is 0. The van der Waals surface area contributed by atoms with E-state index >= 15 is 0 Å². The summed E-state index contributed by atoms with van der Waals surface area (Å²) in [5.74, 6) is 0. The average Bonchev–Trinajstić information content (AvgIpc) is 2.34. The third-order valence-corrected chi connectivity index (χ3v) is 2.02. The lowest BCUT2D eigenvalue weighted by atomic mass is 10.2. The van der Waals surface area contributed by atoms with Crippen LogP contribution in [-0.2, 0) is 0 Å². The molecule has 0 aliphatic carbocycles. The lowest BCUT2D eigenvalue weighted by molar-refractivity contribution is 0.725. The number of aromatic nitrogens is 1. The van der Waals surface area contributed by atoms with Crippen molar-refractivity contribution < 1.29 is 0 Å². The van der Waals surface area contributed by atoms with Crippen molar-refractivity contribution in [1.82, 2.24) is 4.98 Å². The van der Waals surface area contributed by atoms with Gasteiger partial charge in [-0.05, 0) is 12.1 Å². The predicted molar refractivity (Wildman–Crippen MR) is 48.0 cm³/mol. The molecule has 1 atom stereocenters. The van der Waals surface area contributed by atoms with Gasteiger partial charge in [-0.15, -0.1) is 0 Å². The number of H-pyrrole nitrogens is 1. The van der Waals surface area contributed by atoms with Crippen molar-refractivity contribution in [2.24, 2.45) is 5.73 Å². The third kappa shape index (κ3) is 2.27. The molecule has 0 aromatic carbocycles. The predicted octanol–water partition coefficient (Wildman–Crippen LogP) is 2.38. The van der Waals surface area contributed by atoms with E-state index in [0.29, 0.717) is 5.69 Å². The van der Waals surface area contributed by atoms with Gasteiger partial charge in [0.15, 0.2) is 0 Å². The van der Waals surface area contributed by atoms with Gasteiger partial charge in [0.1, 0.15) is 0 Å². The maximum Gasteiger partial charge on any atom is 0.210 e. The maximum absolute atomic E-state index is 5.59. The van der Waals surface area contributed by atoms with E-state index in [0.717, 1.165) is 0 Å². The van der Waals surface area contributed by atoms with Crippen LogP contribution in [0.15, 0.2) is 18.3 Å². The van der Waals surface area contributed by atoms with Gasteiger partial charge in [-0.2, -0.15) is 0 Å². The van der Waals surface area contributed by atoms with Crippen LogP contribution in [-0.4, -0.2) is 8.78 Å². The standard InChI is InChI=1S/C6H7Cl3N2/c7-6(8,9)5(10)4-2-1-3-11-4/h1-3,5,11H,10H2. The fourth-order valence-corrected chi connectivity index (χ4v) is 1.07. The quantitative estimate of drug-likeness (QED) is 0.691. The fourth-order valence-electron chi connectivity index (χ4n) is 0.714. The van der Waals surface area contributed by atoms with E-state index in [1.807, 2.05) is 0 Å². The van der Waals surface area contributed by atoms with E-state index in [4.69, 9.17) is 40.5 Å². The molecular weight excluding hydrogens is 206 g/mol. The summed E-state index contributed by atoms with van der Waals surface area (Å²) in [5, 5.41) is 0. The van der Waals surface area contributed by atoms with Crippen LogP contribution >= 0.6 is 34.8 Å². The second-order valence-corrected chi connectivity index (χ2v) is 4.51. The van der Waals surface area contributed by atoms with Crippen LogP contribution in [0.5, 0.6) is 0 Å². The van der Waals surface area contributed by atoms with E-state index in [-0.39, 0.29) is 0 Å². The van der Waals surface area contributed by atoms with Crippen LogP contribution < -0.4 is 5.73 Å². The minimum absolute atomic E-state index is 0.609. The van der Waals surface area contributed by atoms with Crippen molar-refractivity contribution >= 4 is 34.8 Å². The first-order valence-electron chi connectivity index (χ1n) is 2.97. The van der Waals surface area contributed by atoms with Gasteiger partial charge in [-0.1, -0.05) is 34.8 Å². The molecule has 2 nitrogen and oxygen atoms in total. The van der Waals surface area contributed by atoms with Crippen LogP contribution in [0, 0.1) is 0 Å². The molecule has 0 bridgehead atoms. The third-order valence-electron chi connectivity index (χ3n) is 1.31. The van der Waals surface area contributed by atoms with Gasteiger partial charge in [-0.3, -0.25) is 0 Å². The topological polar surface area (TPSA) is 41.8 Å². The Morgan fingerprint density at radius 1 is 1.45 bits per heavy atom. The first-order valence-corrected chi connectivity index (χ1v) is 4.11. The Hall–Kier alpha value is 0.110. The zero-order valence-electron chi connectivity index (χ0n) is 5.52. The number of aromatic amines is 1. The molecule has 1 aromatic rings. The summed E-state index contributed by atoms with van der Waals surface area (Å²) in [6, 6.07) is 2.96. The number of alkyl halides is 3. The Morgan fingerprint density at radius 3 is 2.45 bits per heavy atom. The second kappa shape index (κ2) is 3.23. The molecule has 0 saturated carbocycles. The zero-order chi connectivity index (χ0) is 8.48. The number of nitrogens with one attached hydrogen (secondary N) is 1. The van der Waals surface area contributed by atoms with Crippen LogP contribution in [0.4, 0.5) is 0 Å². The highest BCUT2D eigenvalue weighted by Crippen LogP contribution is 2.37. The van der Waals surface area contributed by atoms with Crippen LogP contribution in [0.3, 0.4) is 0 Å². The normalized spacial score (nSPS) is 14.9. The Morgan fingerprint density at radius 2 is 2.09 bits per heavy atom. The first-order chi connectivity index (χ1) is 5.02. The Labute approximate surface area is 79.6 Å². The SMILES string of the molecule is NC(c1ccc[nH]1)C(Cl)(Cl)Cl. The molecule has 11 heavy (non-hydrogen) atoms. The number of halogens is 3. The largest absolute Gasteiger partial charge is 0.364 e. The molecule has 1 unspecified atom stereocenters. The van der Waals surface area contributed by atoms with E-state index in [1.54, 1.807) is 18.3 Å². The minimum Gasteiger partial charge on any atom is -0.364 e.